The summed E-state index contributed by atoms with van der Waals surface area (Å²) >= 11 is 1.06. The van der Waals surface area contributed by atoms with Gasteiger partial charge in [-0.1, -0.05) is 0 Å². The summed E-state index contributed by atoms with van der Waals surface area (Å²) in [6, 6.07) is 2.86. The third-order valence-electron chi connectivity index (χ3n) is 1.69. The molecular formula is C8H10ClNO3S2. The largest absolute Gasteiger partial charge is 0.349 e. The van der Waals surface area contributed by atoms with Crippen molar-refractivity contribution in [3.05, 3.63) is 17.0 Å². The molecule has 0 fully saturated rings. The minimum Gasteiger partial charge on any atom is -0.349 e. The van der Waals surface area contributed by atoms with E-state index in [-0.39, 0.29) is 16.2 Å². The van der Waals surface area contributed by atoms with Gasteiger partial charge in [0.25, 0.3) is 9.05 Å². The highest BCUT2D eigenvalue weighted by Gasteiger charge is 2.16. The van der Waals surface area contributed by atoms with E-state index in [1.807, 2.05) is 0 Å². The maximum absolute atomic E-state index is 11.0. The molecule has 1 amide bonds. The third-order valence-corrected chi connectivity index (χ3v) is 5.05. The first-order valence-corrected chi connectivity index (χ1v) is 7.25. The van der Waals surface area contributed by atoms with Gasteiger partial charge in [0.15, 0.2) is 0 Å². The van der Waals surface area contributed by atoms with Gasteiger partial charge >= 0.3 is 0 Å². The lowest BCUT2D eigenvalue weighted by Gasteiger charge is -2.09. The van der Waals surface area contributed by atoms with E-state index in [0.29, 0.717) is 0 Å². The van der Waals surface area contributed by atoms with E-state index in [4.69, 9.17) is 10.7 Å². The average molecular weight is 268 g/mol. The van der Waals surface area contributed by atoms with Crippen LogP contribution in [0.25, 0.3) is 0 Å². The Hall–Kier alpha value is -0.590. The first kappa shape index (κ1) is 12.5. The summed E-state index contributed by atoms with van der Waals surface area (Å²) in [5.41, 5.74) is 0. The molecule has 0 unspecified atom stereocenters. The van der Waals surface area contributed by atoms with Crippen LogP contribution in [0.3, 0.4) is 0 Å². The highest BCUT2D eigenvalue weighted by atomic mass is 35.7. The van der Waals surface area contributed by atoms with Crippen molar-refractivity contribution < 1.29 is 13.2 Å². The molecule has 1 heterocycles. The van der Waals surface area contributed by atoms with Crippen molar-refractivity contribution in [2.45, 2.75) is 24.1 Å². The van der Waals surface area contributed by atoms with E-state index in [2.05, 4.69) is 5.32 Å². The molecule has 84 valence electrons. The fourth-order valence-electron chi connectivity index (χ4n) is 1.07. The van der Waals surface area contributed by atoms with Crippen LogP contribution in [0, 0.1) is 0 Å². The highest BCUT2D eigenvalue weighted by Crippen LogP contribution is 2.28. The van der Waals surface area contributed by atoms with Gasteiger partial charge in [-0.05, 0) is 19.1 Å². The van der Waals surface area contributed by atoms with Gasteiger partial charge in [-0.15, -0.1) is 11.3 Å². The van der Waals surface area contributed by atoms with Crippen molar-refractivity contribution in [3.8, 4) is 0 Å². The van der Waals surface area contributed by atoms with Crippen molar-refractivity contribution in [2.24, 2.45) is 0 Å². The molecule has 1 rings (SSSR count). The molecule has 0 bridgehead atoms. The normalized spacial score (nSPS) is 13.5. The molecule has 1 atom stereocenters. The van der Waals surface area contributed by atoms with Crippen LogP contribution in [0.15, 0.2) is 16.3 Å². The molecule has 0 saturated carbocycles. The fraction of sp³-hybridized carbons (Fsp3) is 0.375. The second-order valence-electron chi connectivity index (χ2n) is 3.02. The van der Waals surface area contributed by atoms with E-state index < -0.39 is 9.05 Å². The molecule has 0 aliphatic carbocycles. The van der Waals surface area contributed by atoms with Crippen LogP contribution < -0.4 is 5.32 Å². The van der Waals surface area contributed by atoms with Crippen LogP contribution >= 0.6 is 22.0 Å². The number of carbonyl (C=O) groups excluding carboxylic acids is 1. The number of hydrogen-bond donors (Lipinski definition) is 1. The zero-order valence-corrected chi connectivity index (χ0v) is 10.5. The quantitative estimate of drug-likeness (QED) is 0.851. The molecule has 1 N–H and O–H groups in total. The lowest BCUT2D eigenvalue weighted by atomic mass is 10.3. The average Bonchev–Trinajstić information content (AvgIpc) is 2.48. The van der Waals surface area contributed by atoms with Gasteiger partial charge in [0.1, 0.15) is 4.21 Å². The summed E-state index contributed by atoms with van der Waals surface area (Å²) < 4.78 is 22.1. The second-order valence-corrected chi connectivity index (χ2v) is 6.92. The van der Waals surface area contributed by atoms with E-state index in [1.54, 1.807) is 13.0 Å². The molecule has 0 radical (unpaired) electrons. The van der Waals surface area contributed by atoms with Gasteiger partial charge in [-0.25, -0.2) is 8.42 Å². The Morgan fingerprint density at radius 1 is 1.53 bits per heavy atom. The molecule has 15 heavy (non-hydrogen) atoms. The molecule has 1 aromatic heterocycles. The number of rotatable bonds is 3. The van der Waals surface area contributed by atoms with Crippen LogP contribution in [0.1, 0.15) is 24.8 Å². The topological polar surface area (TPSA) is 63.2 Å². The van der Waals surface area contributed by atoms with E-state index >= 15 is 0 Å². The van der Waals surface area contributed by atoms with Crippen molar-refractivity contribution >= 4 is 37.0 Å². The number of halogens is 1. The lowest BCUT2D eigenvalue weighted by molar-refractivity contribution is -0.119. The van der Waals surface area contributed by atoms with Crippen molar-refractivity contribution in [2.75, 3.05) is 0 Å². The van der Waals surface area contributed by atoms with Crippen LogP contribution in [-0.4, -0.2) is 14.3 Å². The van der Waals surface area contributed by atoms with Gasteiger partial charge < -0.3 is 5.32 Å². The van der Waals surface area contributed by atoms with Gasteiger partial charge in [0, 0.05) is 22.5 Å². The summed E-state index contributed by atoms with van der Waals surface area (Å²) in [7, 11) is 1.51. The third kappa shape index (κ3) is 3.48. The Labute approximate surface area is 96.7 Å². The molecule has 7 heteroatoms. The number of nitrogens with one attached hydrogen (secondary N) is 1. The number of amides is 1. The lowest BCUT2D eigenvalue weighted by Crippen LogP contribution is -2.22. The minimum atomic E-state index is -3.67. The van der Waals surface area contributed by atoms with Crippen LogP contribution in [0.4, 0.5) is 0 Å². The highest BCUT2D eigenvalue weighted by molar-refractivity contribution is 8.15. The van der Waals surface area contributed by atoms with Crippen LogP contribution in [0.2, 0.25) is 0 Å². The Morgan fingerprint density at radius 2 is 2.13 bits per heavy atom. The van der Waals surface area contributed by atoms with Gasteiger partial charge in [-0.3, -0.25) is 4.79 Å². The Balaban J connectivity index is 2.90. The smallest absolute Gasteiger partial charge is 0.270 e. The molecule has 0 saturated heterocycles. The SMILES string of the molecule is CC(=O)N[C@H](C)c1ccc(S(=O)(=O)Cl)s1. The van der Waals surface area contributed by atoms with Gasteiger partial charge in [-0.2, -0.15) is 0 Å². The number of thiophene rings is 1. The van der Waals surface area contributed by atoms with Crippen LogP contribution in [0.5, 0.6) is 0 Å². The summed E-state index contributed by atoms with van der Waals surface area (Å²) in [4.78, 5) is 11.5. The molecule has 0 aromatic carbocycles. The molecule has 0 spiro atoms. The van der Waals surface area contributed by atoms with Gasteiger partial charge in [0.05, 0.1) is 6.04 Å². The summed E-state index contributed by atoms with van der Waals surface area (Å²) in [5.74, 6) is -0.161. The summed E-state index contributed by atoms with van der Waals surface area (Å²) in [6.07, 6.45) is 0. The number of carbonyl (C=O) groups is 1. The molecule has 0 aliphatic rings. The molecule has 1 aromatic rings. The monoisotopic (exact) mass is 267 g/mol. The maximum Gasteiger partial charge on any atom is 0.270 e. The number of hydrogen-bond acceptors (Lipinski definition) is 4. The molecule has 4 nitrogen and oxygen atoms in total. The zero-order valence-electron chi connectivity index (χ0n) is 8.15. The van der Waals surface area contributed by atoms with Gasteiger partial charge in [0.2, 0.25) is 5.91 Å². The van der Waals surface area contributed by atoms with E-state index in [0.717, 1.165) is 16.2 Å². The Bertz CT molecular complexity index is 466. The zero-order chi connectivity index (χ0) is 11.6. The Morgan fingerprint density at radius 3 is 2.53 bits per heavy atom. The van der Waals surface area contributed by atoms with Crippen molar-refractivity contribution in [1.29, 1.82) is 0 Å². The predicted octanol–water partition coefficient (Wildman–Crippen LogP) is 1.87. The second kappa shape index (κ2) is 4.51. The Kier molecular flexibility index (Phi) is 3.75. The van der Waals surface area contributed by atoms with Crippen molar-refractivity contribution in [3.63, 3.8) is 0 Å². The first-order valence-electron chi connectivity index (χ1n) is 4.12. The van der Waals surface area contributed by atoms with Crippen molar-refractivity contribution in [1.82, 2.24) is 5.32 Å². The minimum absolute atomic E-state index is 0.0939. The van der Waals surface area contributed by atoms with E-state index in [1.165, 1.54) is 13.0 Å². The fourth-order valence-corrected chi connectivity index (χ4v) is 3.17. The maximum atomic E-state index is 11.0. The van der Waals surface area contributed by atoms with E-state index in [9.17, 15) is 13.2 Å². The molecular weight excluding hydrogens is 258 g/mol. The standard InChI is InChI=1S/C8H10ClNO3S2/c1-5(10-6(2)11)7-3-4-8(14-7)15(9,12)13/h3-5H,1-2H3,(H,10,11)/t5-/m1/s1. The summed E-state index contributed by atoms with van der Waals surface area (Å²) in [5, 5.41) is 2.66. The van der Waals surface area contributed by atoms with Crippen LogP contribution in [-0.2, 0) is 13.8 Å². The first-order chi connectivity index (χ1) is 6.80. The summed E-state index contributed by atoms with van der Waals surface area (Å²) in [6.45, 7) is 3.18. The predicted molar refractivity (Wildman–Crippen MR) is 59.6 cm³/mol. The molecule has 0 aliphatic heterocycles.